The third-order valence-corrected chi connectivity index (χ3v) is 2.51. The Morgan fingerprint density at radius 1 is 0.870 bits per heavy atom. The summed E-state index contributed by atoms with van der Waals surface area (Å²) >= 11 is 0. The van der Waals surface area contributed by atoms with Crippen molar-refractivity contribution in [1.29, 1.82) is 0 Å². The summed E-state index contributed by atoms with van der Waals surface area (Å²) in [5.74, 6) is -0.657. The summed E-state index contributed by atoms with van der Waals surface area (Å²) in [5.41, 5.74) is 9.41. The first-order valence-electron chi connectivity index (χ1n) is 6.30. The molecule has 0 aromatic heterocycles. The molecule has 0 saturated carbocycles. The summed E-state index contributed by atoms with van der Waals surface area (Å²) in [6.07, 6.45) is 2.89. The van der Waals surface area contributed by atoms with Crippen molar-refractivity contribution in [1.82, 2.24) is 5.43 Å². The molecule has 2 aromatic rings. The van der Waals surface area contributed by atoms with Crippen LogP contribution in [-0.4, -0.2) is 18.4 Å². The van der Waals surface area contributed by atoms with Crippen LogP contribution < -0.4 is 11.2 Å². The Labute approximate surface area is 138 Å². The molecular weight excluding hydrogens is 324 g/mol. The average Bonchev–Trinajstić information content (AvgIpc) is 2.51. The highest BCUT2D eigenvalue weighted by molar-refractivity contribution is 5.85. The van der Waals surface area contributed by atoms with E-state index >= 15 is 0 Å². The summed E-state index contributed by atoms with van der Waals surface area (Å²) in [4.78, 5) is 0. The van der Waals surface area contributed by atoms with Crippen molar-refractivity contribution in [2.75, 3.05) is 0 Å². The van der Waals surface area contributed by atoms with Crippen molar-refractivity contribution in [3.8, 4) is 0 Å². The number of nitrogens with two attached hydrogens (primary N) is 1. The van der Waals surface area contributed by atoms with Gasteiger partial charge < -0.3 is 5.73 Å². The zero-order chi connectivity index (χ0) is 15.8. The van der Waals surface area contributed by atoms with E-state index in [2.05, 4.69) is 20.7 Å². The molecule has 5 nitrogen and oxygen atoms in total. The third kappa shape index (κ3) is 6.66. The van der Waals surface area contributed by atoms with Crippen LogP contribution in [0.3, 0.4) is 0 Å². The number of rotatable bonds is 4. The van der Waals surface area contributed by atoms with Gasteiger partial charge in [-0.05, 0) is 35.4 Å². The highest BCUT2D eigenvalue weighted by Crippen LogP contribution is 2.00. The van der Waals surface area contributed by atoms with Gasteiger partial charge >= 0.3 is 0 Å². The van der Waals surface area contributed by atoms with Crippen LogP contribution in [0.15, 0.2) is 63.8 Å². The second-order valence-electron chi connectivity index (χ2n) is 4.20. The Hall–Kier alpha value is -2.80. The maximum absolute atomic E-state index is 12.7. The SMILES string of the molecule is Cl.NC(=N/N=C\c1ccc(F)cc1)N/N=C\c1ccc(F)cc1. The smallest absolute Gasteiger partial charge is 0.234 e. The lowest BCUT2D eigenvalue weighted by Gasteiger charge is -1.96. The van der Waals surface area contributed by atoms with Crippen LogP contribution in [0.5, 0.6) is 0 Å². The van der Waals surface area contributed by atoms with Gasteiger partial charge in [-0.1, -0.05) is 24.3 Å². The van der Waals surface area contributed by atoms with Crippen molar-refractivity contribution in [2.24, 2.45) is 21.0 Å². The number of hydrogen-bond acceptors (Lipinski definition) is 3. The van der Waals surface area contributed by atoms with E-state index < -0.39 is 0 Å². The van der Waals surface area contributed by atoms with Gasteiger partial charge in [-0.15, -0.1) is 17.5 Å². The van der Waals surface area contributed by atoms with Gasteiger partial charge in [0.05, 0.1) is 12.4 Å². The first-order chi connectivity index (χ1) is 10.6. The van der Waals surface area contributed by atoms with Crippen LogP contribution in [0.1, 0.15) is 11.1 Å². The van der Waals surface area contributed by atoms with Crippen LogP contribution in [0.25, 0.3) is 0 Å². The molecule has 0 fully saturated rings. The quantitative estimate of drug-likeness (QED) is 0.511. The lowest BCUT2D eigenvalue weighted by atomic mass is 10.2. The van der Waals surface area contributed by atoms with E-state index in [-0.39, 0.29) is 30.0 Å². The topological polar surface area (TPSA) is 75.1 Å². The summed E-state index contributed by atoms with van der Waals surface area (Å²) in [6, 6.07) is 11.5. The number of guanidine groups is 1. The molecule has 0 bridgehead atoms. The molecule has 8 heteroatoms. The van der Waals surface area contributed by atoms with E-state index in [0.717, 1.165) is 0 Å². The van der Waals surface area contributed by atoms with Crippen molar-refractivity contribution >= 4 is 30.8 Å². The van der Waals surface area contributed by atoms with E-state index in [1.807, 2.05) is 0 Å². The third-order valence-electron chi connectivity index (χ3n) is 2.51. The molecule has 0 atom stereocenters. The first kappa shape index (κ1) is 18.2. The number of hydrogen-bond donors (Lipinski definition) is 2. The summed E-state index contributed by atoms with van der Waals surface area (Å²) in [6.45, 7) is 0. The molecule has 0 radical (unpaired) electrons. The summed E-state index contributed by atoms with van der Waals surface area (Å²) in [7, 11) is 0. The molecule has 0 spiro atoms. The zero-order valence-corrected chi connectivity index (χ0v) is 12.7. The Morgan fingerprint density at radius 3 is 1.87 bits per heavy atom. The molecule has 0 aliphatic carbocycles. The second-order valence-corrected chi connectivity index (χ2v) is 4.20. The molecule has 3 N–H and O–H groups in total. The molecular formula is C15H14ClF2N5. The van der Waals surface area contributed by atoms with Crippen LogP contribution in [0, 0.1) is 11.6 Å². The van der Waals surface area contributed by atoms with Gasteiger partial charge in [-0.25, -0.2) is 14.2 Å². The summed E-state index contributed by atoms with van der Waals surface area (Å²) < 4.78 is 25.4. The molecule has 23 heavy (non-hydrogen) atoms. The maximum Gasteiger partial charge on any atom is 0.234 e. The monoisotopic (exact) mass is 337 g/mol. The van der Waals surface area contributed by atoms with E-state index in [9.17, 15) is 8.78 Å². The second kappa shape index (κ2) is 9.26. The standard InChI is InChI=1S/C15H13F2N5.ClH/c16-13-5-1-11(2-6-13)9-19-21-15(18)22-20-10-12-3-7-14(17)8-4-12;/h1-10H,(H3,18,21,22);1H/b19-9-,20-10-;. The summed E-state index contributed by atoms with van der Waals surface area (Å²) in [5, 5.41) is 11.2. The number of nitrogens with one attached hydrogen (secondary N) is 1. The van der Waals surface area contributed by atoms with Gasteiger partial charge in [0.2, 0.25) is 5.96 Å². The van der Waals surface area contributed by atoms with Gasteiger partial charge in [0.25, 0.3) is 0 Å². The fraction of sp³-hybridized carbons (Fsp3) is 0. The molecule has 0 aliphatic rings. The minimum Gasteiger partial charge on any atom is -0.367 e. The molecule has 2 rings (SSSR count). The van der Waals surface area contributed by atoms with Crippen LogP contribution in [0.2, 0.25) is 0 Å². The molecule has 0 saturated heterocycles. The number of halogens is 3. The maximum atomic E-state index is 12.7. The van der Waals surface area contributed by atoms with Crippen molar-refractivity contribution < 1.29 is 8.78 Å². The van der Waals surface area contributed by atoms with Crippen molar-refractivity contribution in [3.63, 3.8) is 0 Å². The van der Waals surface area contributed by atoms with E-state index in [4.69, 9.17) is 5.73 Å². The number of benzene rings is 2. The van der Waals surface area contributed by atoms with Gasteiger partial charge in [0.15, 0.2) is 0 Å². The molecule has 0 unspecified atom stereocenters. The Balaban J connectivity index is 0.00000264. The van der Waals surface area contributed by atoms with Crippen molar-refractivity contribution in [2.45, 2.75) is 0 Å². The fourth-order valence-corrected chi connectivity index (χ4v) is 1.45. The fourth-order valence-electron chi connectivity index (χ4n) is 1.45. The average molecular weight is 338 g/mol. The largest absolute Gasteiger partial charge is 0.367 e. The lowest BCUT2D eigenvalue weighted by Crippen LogP contribution is -2.26. The van der Waals surface area contributed by atoms with Crippen LogP contribution in [0.4, 0.5) is 8.78 Å². The molecule has 0 amide bonds. The van der Waals surface area contributed by atoms with Crippen molar-refractivity contribution in [3.05, 3.63) is 71.3 Å². The number of hydrazone groups is 1. The van der Waals surface area contributed by atoms with E-state index in [1.165, 1.54) is 36.7 Å². The minimum absolute atomic E-state index is 0. The Bertz CT molecular complexity index is 697. The molecule has 2 aromatic carbocycles. The zero-order valence-electron chi connectivity index (χ0n) is 11.9. The molecule has 0 heterocycles. The highest BCUT2D eigenvalue weighted by Gasteiger charge is 1.91. The minimum atomic E-state index is -0.322. The van der Waals surface area contributed by atoms with Gasteiger partial charge in [-0.2, -0.15) is 10.2 Å². The Kier molecular flexibility index (Phi) is 7.35. The van der Waals surface area contributed by atoms with Crippen LogP contribution >= 0.6 is 12.4 Å². The lowest BCUT2D eigenvalue weighted by molar-refractivity contribution is 0.627. The molecule has 120 valence electrons. The van der Waals surface area contributed by atoms with Gasteiger partial charge in [0.1, 0.15) is 11.6 Å². The van der Waals surface area contributed by atoms with E-state index in [1.54, 1.807) is 24.3 Å². The van der Waals surface area contributed by atoms with Gasteiger partial charge in [0, 0.05) is 0 Å². The Morgan fingerprint density at radius 2 is 1.35 bits per heavy atom. The highest BCUT2D eigenvalue weighted by atomic mass is 35.5. The number of nitrogens with zero attached hydrogens (tertiary/aromatic N) is 3. The predicted molar refractivity (Wildman–Crippen MR) is 90.0 cm³/mol. The van der Waals surface area contributed by atoms with Crippen LogP contribution in [-0.2, 0) is 0 Å². The first-order valence-corrected chi connectivity index (χ1v) is 6.30. The predicted octanol–water partition coefficient (Wildman–Crippen LogP) is 2.66. The van der Waals surface area contributed by atoms with E-state index in [0.29, 0.717) is 11.1 Å². The van der Waals surface area contributed by atoms with Gasteiger partial charge in [-0.3, -0.25) is 0 Å². The molecule has 0 aliphatic heterocycles. The normalized spacial score (nSPS) is 11.7.